The van der Waals surface area contributed by atoms with Crippen molar-refractivity contribution >= 4 is 28.8 Å². The Hall–Kier alpha value is -4.79. The standard InChI is InChI=1S/C24H19N5O4/c30-19-13-7-4-10-16(19)14-25-28-24(33)21(26-22(31)15-8-2-1-3-9-15)20-17-11-5-6-12-18(17)23(32)29-27-20/h1-14,21,30H,(H,26,31)(H,28,33)(H,29,32)/b25-14-/t21-/m1/s1. The van der Waals surface area contributed by atoms with Crippen molar-refractivity contribution in [1.82, 2.24) is 20.9 Å². The zero-order valence-corrected chi connectivity index (χ0v) is 17.2. The summed E-state index contributed by atoms with van der Waals surface area (Å²) in [6, 6.07) is 20.3. The Morgan fingerprint density at radius 1 is 0.939 bits per heavy atom. The number of hydrogen-bond acceptors (Lipinski definition) is 6. The number of nitrogens with one attached hydrogen (secondary N) is 3. The predicted molar refractivity (Wildman–Crippen MR) is 123 cm³/mol. The van der Waals surface area contributed by atoms with E-state index in [1.807, 2.05) is 0 Å². The number of hydrogen-bond donors (Lipinski definition) is 4. The Labute approximate surface area is 187 Å². The Bertz CT molecular complexity index is 1400. The molecule has 1 aromatic heterocycles. The number of phenolic OH excluding ortho intramolecular Hbond substituents is 1. The fourth-order valence-electron chi connectivity index (χ4n) is 3.24. The second-order valence-corrected chi connectivity index (χ2v) is 7.05. The van der Waals surface area contributed by atoms with Crippen molar-refractivity contribution < 1.29 is 14.7 Å². The molecular weight excluding hydrogens is 422 g/mol. The molecule has 9 nitrogen and oxygen atoms in total. The molecule has 4 aromatic rings. The zero-order chi connectivity index (χ0) is 23.2. The SMILES string of the molecule is O=C(N[C@@H](C(=O)N/N=C\c1ccccc1O)c1n[nH]c(=O)c2ccccc12)c1ccccc1. The first-order valence-corrected chi connectivity index (χ1v) is 9.99. The highest BCUT2D eigenvalue weighted by Crippen LogP contribution is 2.20. The molecule has 0 saturated heterocycles. The fourth-order valence-corrected chi connectivity index (χ4v) is 3.24. The summed E-state index contributed by atoms with van der Waals surface area (Å²) < 4.78 is 0. The maximum Gasteiger partial charge on any atom is 0.272 e. The van der Waals surface area contributed by atoms with Crippen molar-refractivity contribution in [2.24, 2.45) is 5.10 Å². The Morgan fingerprint density at radius 3 is 2.36 bits per heavy atom. The number of aromatic amines is 1. The highest BCUT2D eigenvalue weighted by atomic mass is 16.3. The summed E-state index contributed by atoms with van der Waals surface area (Å²) in [5.74, 6) is -1.19. The van der Waals surface area contributed by atoms with Crippen LogP contribution in [0.4, 0.5) is 0 Å². The number of aromatic nitrogens is 2. The molecule has 33 heavy (non-hydrogen) atoms. The molecule has 0 aliphatic rings. The number of nitrogens with zero attached hydrogens (tertiary/aromatic N) is 2. The zero-order valence-electron chi connectivity index (χ0n) is 17.2. The average Bonchev–Trinajstić information content (AvgIpc) is 2.85. The third-order valence-corrected chi connectivity index (χ3v) is 4.89. The number of carbonyl (C=O) groups excluding carboxylic acids is 2. The van der Waals surface area contributed by atoms with Gasteiger partial charge in [0.25, 0.3) is 17.4 Å². The molecule has 9 heteroatoms. The third kappa shape index (κ3) is 4.77. The molecule has 0 saturated carbocycles. The molecule has 0 fully saturated rings. The van der Waals surface area contributed by atoms with Gasteiger partial charge in [0.1, 0.15) is 11.4 Å². The van der Waals surface area contributed by atoms with Crippen LogP contribution in [0.15, 0.2) is 88.8 Å². The Kier molecular flexibility index (Phi) is 6.21. The van der Waals surface area contributed by atoms with E-state index in [2.05, 4.69) is 26.0 Å². The van der Waals surface area contributed by atoms with Crippen molar-refractivity contribution in [2.45, 2.75) is 6.04 Å². The molecule has 0 radical (unpaired) electrons. The van der Waals surface area contributed by atoms with Gasteiger partial charge in [-0.05, 0) is 30.3 Å². The molecular formula is C24H19N5O4. The number of carbonyl (C=O) groups is 2. The van der Waals surface area contributed by atoms with Gasteiger partial charge in [-0.1, -0.05) is 48.5 Å². The van der Waals surface area contributed by atoms with E-state index in [9.17, 15) is 19.5 Å². The lowest BCUT2D eigenvalue weighted by Gasteiger charge is -2.18. The first kappa shape index (κ1) is 21.4. The molecule has 4 N–H and O–H groups in total. The molecule has 0 aliphatic heterocycles. The number of amides is 2. The van der Waals surface area contributed by atoms with Gasteiger partial charge >= 0.3 is 0 Å². The van der Waals surface area contributed by atoms with Crippen LogP contribution >= 0.6 is 0 Å². The first-order chi connectivity index (χ1) is 16.0. The van der Waals surface area contributed by atoms with Crippen LogP contribution in [0, 0.1) is 0 Å². The normalized spacial score (nSPS) is 11.9. The van der Waals surface area contributed by atoms with Crippen LogP contribution in [-0.2, 0) is 4.79 Å². The fraction of sp³-hybridized carbons (Fsp3) is 0.0417. The van der Waals surface area contributed by atoms with Gasteiger partial charge in [-0.2, -0.15) is 10.2 Å². The van der Waals surface area contributed by atoms with Gasteiger partial charge in [0.15, 0.2) is 6.04 Å². The summed E-state index contributed by atoms with van der Waals surface area (Å²) in [5.41, 5.74) is 2.85. The number of aromatic hydroxyl groups is 1. The van der Waals surface area contributed by atoms with Gasteiger partial charge in [0.2, 0.25) is 0 Å². The van der Waals surface area contributed by atoms with Gasteiger partial charge in [-0.25, -0.2) is 10.5 Å². The Morgan fingerprint density at radius 2 is 1.61 bits per heavy atom. The van der Waals surface area contributed by atoms with Crippen molar-refractivity contribution in [1.29, 1.82) is 0 Å². The van der Waals surface area contributed by atoms with Gasteiger partial charge in [-0.3, -0.25) is 14.4 Å². The highest BCUT2D eigenvalue weighted by Gasteiger charge is 2.27. The van der Waals surface area contributed by atoms with E-state index in [0.29, 0.717) is 21.9 Å². The predicted octanol–water partition coefficient (Wildman–Crippen LogP) is 2.25. The first-order valence-electron chi connectivity index (χ1n) is 9.99. The minimum absolute atomic E-state index is 0.00211. The maximum absolute atomic E-state index is 13.1. The maximum atomic E-state index is 13.1. The minimum Gasteiger partial charge on any atom is -0.507 e. The summed E-state index contributed by atoms with van der Waals surface area (Å²) >= 11 is 0. The van der Waals surface area contributed by atoms with Crippen LogP contribution in [-0.4, -0.2) is 33.3 Å². The van der Waals surface area contributed by atoms with Crippen molar-refractivity contribution in [2.75, 3.05) is 0 Å². The van der Waals surface area contributed by atoms with Crippen LogP contribution in [0.3, 0.4) is 0 Å². The molecule has 0 spiro atoms. The van der Waals surface area contributed by atoms with E-state index in [1.165, 1.54) is 12.3 Å². The summed E-state index contributed by atoms with van der Waals surface area (Å²) in [5, 5.41) is 23.6. The van der Waals surface area contributed by atoms with Gasteiger partial charge in [-0.15, -0.1) is 0 Å². The Balaban J connectivity index is 1.68. The van der Waals surface area contributed by atoms with E-state index in [-0.39, 0.29) is 11.4 Å². The lowest BCUT2D eigenvalue weighted by atomic mass is 10.0. The quantitative estimate of drug-likeness (QED) is 0.269. The molecule has 164 valence electrons. The van der Waals surface area contributed by atoms with E-state index < -0.39 is 23.4 Å². The summed E-state index contributed by atoms with van der Waals surface area (Å²) in [7, 11) is 0. The van der Waals surface area contributed by atoms with Crippen molar-refractivity contribution in [3.63, 3.8) is 0 Å². The second-order valence-electron chi connectivity index (χ2n) is 7.05. The lowest BCUT2D eigenvalue weighted by molar-refractivity contribution is -0.123. The summed E-state index contributed by atoms with van der Waals surface area (Å²) in [6.07, 6.45) is 1.28. The second kappa shape index (κ2) is 9.56. The number of H-pyrrole nitrogens is 1. The smallest absolute Gasteiger partial charge is 0.272 e. The molecule has 3 aromatic carbocycles. The number of benzene rings is 3. The lowest BCUT2D eigenvalue weighted by Crippen LogP contribution is -2.40. The van der Waals surface area contributed by atoms with Crippen LogP contribution in [0.25, 0.3) is 10.8 Å². The molecule has 0 aliphatic carbocycles. The van der Waals surface area contributed by atoms with Gasteiger partial charge < -0.3 is 10.4 Å². The molecule has 0 unspecified atom stereocenters. The van der Waals surface area contributed by atoms with E-state index in [0.717, 1.165) is 0 Å². The number of rotatable bonds is 6. The third-order valence-electron chi connectivity index (χ3n) is 4.89. The number of phenols is 1. The van der Waals surface area contributed by atoms with Crippen LogP contribution in [0.1, 0.15) is 27.7 Å². The van der Waals surface area contributed by atoms with E-state index in [1.54, 1.807) is 72.8 Å². The van der Waals surface area contributed by atoms with Crippen molar-refractivity contribution in [3.05, 3.63) is 106 Å². The topological polar surface area (TPSA) is 137 Å². The van der Waals surface area contributed by atoms with Gasteiger partial charge in [0, 0.05) is 16.5 Å². The molecule has 1 heterocycles. The number of para-hydroxylation sites is 1. The molecule has 0 bridgehead atoms. The summed E-state index contributed by atoms with van der Waals surface area (Å²) in [6.45, 7) is 0. The van der Waals surface area contributed by atoms with E-state index in [4.69, 9.17) is 0 Å². The largest absolute Gasteiger partial charge is 0.507 e. The highest BCUT2D eigenvalue weighted by molar-refractivity contribution is 5.99. The average molecular weight is 441 g/mol. The summed E-state index contributed by atoms with van der Waals surface area (Å²) in [4.78, 5) is 38.1. The van der Waals surface area contributed by atoms with Crippen LogP contribution in [0.2, 0.25) is 0 Å². The van der Waals surface area contributed by atoms with Gasteiger partial charge in [0.05, 0.1) is 11.6 Å². The molecule has 4 rings (SSSR count). The molecule has 1 atom stereocenters. The number of hydrazone groups is 1. The van der Waals surface area contributed by atoms with Crippen molar-refractivity contribution in [3.8, 4) is 5.75 Å². The van der Waals surface area contributed by atoms with Crippen LogP contribution < -0.4 is 16.3 Å². The van der Waals surface area contributed by atoms with E-state index >= 15 is 0 Å². The monoisotopic (exact) mass is 441 g/mol. The molecule has 2 amide bonds. The number of fused-ring (bicyclic) bond motifs is 1. The minimum atomic E-state index is -1.26. The van der Waals surface area contributed by atoms with Crippen LogP contribution in [0.5, 0.6) is 5.75 Å².